The number of benzene rings is 2. The summed E-state index contributed by atoms with van der Waals surface area (Å²) in [5.41, 5.74) is 3.99. The second kappa shape index (κ2) is 7.14. The van der Waals surface area contributed by atoms with Crippen molar-refractivity contribution < 1.29 is 18.7 Å². The van der Waals surface area contributed by atoms with E-state index in [0.29, 0.717) is 16.4 Å². The molecule has 3 aromatic rings. The molecule has 1 aromatic heterocycles. The number of hydrazone groups is 1. The van der Waals surface area contributed by atoms with Crippen molar-refractivity contribution in [1.82, 2.24) is 10.4 Å². The van der Waals surface area contributed by atoms with Crippen LogP contribution in [0.5, 0.6) is 5.75 Å². The van der Waals surface area contributed by atoms with Crippen LogP contribution in [0.1, 0.15) is 5.56 Å². The normalized spacial score (nSPS) is 11.2. The van der Waals surface area contributed by atoms with Gasteiger partial charge in [-0.25, -0.2) is 14.8 Å². The third-order valence-corrected chi connectivity index (χ3v) is 3.81. The summed E-state index contributed by atoms with van der Waals surface area (Å²) in [6.45, 7) is 0. The van der Waals surface area contributed by atoms with Crippen molar-refractivity contribution in [3.05, 3.63) is 53.8 Å². The van der Waals surface area contributed by atoms with Crippen LogP contribution in [0.3, 0.4) is 0 Å². The second-order valence-electron chi connectivity index (χ2n) is 4.73. The van der Waals surface area contributed by atoms with Gasteiger partial charge in [0.15, 0.2) is 5.58 Å². The number of rotatable bonds is 5. The summed E-state index contributed by atoms with van der Waals surface area (Å²) in [5.74, 6) is -1.10. The van der Waals surface area contributed by atoms with E-state index in [4.69, 9.17) is 4.42 Å². The van der Waals surface area contributed by atoms with Crippen molar-refractivity contribution in [3.8, 4) is 5.75 Å². The molecule has 0 fully saturated rings. The Morgan fingerprint density at radius 2 is 2.21 bits per heavy atom. The maximum atomic E-state index is 12.8. The molecule has 0 saturated heterocycles. The molecule has 0 spiro atoms. The average molecular weight is 345 g/mol. The van der Waals surface area contributed by atoms with Gasteiger partial charge in [0.2, 0.25) is 0 Å². The SMILES string of the molecule is O=C(CSc1nc2ccccc2o1)N/N=C/c1ccc(F)cc1O. The van der Waals surface area contributed by atoms with E-state index < -0.39 is 5.82 Å². The molecule has 0 bridgehead atoms. The number of oxazole rings is 1. The lowest BCUT2D eigenvalue weighted by Crippen LogP contribution is -2.19. The van der Waals surface area contributed by atoms with E-state index in [0.717, 1.165) is 23.3 Å². The monoisotopic (exact) mass is 345 g/mol. The number of phenols is 1. The standard InChI is InChI=1S/C16H12FN3O3S/c17-11-6-5-10(13(21)7-11)8-18-20-15(22)9-24-16-19-12-3-1-2-4-14(12)23-16/h1-8,21H,9H2,(H,20,22)/b18-8+. The zero-order chi connectivity index (χ0) is 16.9. The second-order valence-corrected chi connectivity index (χ2v) is 5.66. The lowest BCUT2D eigenvalue weighted by Gasteiger charge is -1.99. The first-order valence-corrected chi connectivity index (χ1v) is 7.89. The summed E-state index contributed by atoms with van der Waals surface area (Å²) in [5, 5.41) is 13.6. The molecule has 122 valence electrons. The number of aromatic hydroxyl groups is 1. The van der Waals surface area contributed by atoms with Crippen LogP contribution >= 0.6 is 11.8 Å². The van der Waals surface area contributed by atoms with Crippen molar-refractivity contribution >= 4 is 35.0 Å². The number of carbonyl (C=O) groups excluding carboxylic acids is 1. The van der Waals surface area contributed by atoms with E-state index in [1.807, 2.05) is 18.2 Å². The number of phenolic OH excluding ortho intramolecular Hbond substituents is 1. The Bertz CT molecular complexity index is 877. The largest absolute Gasteiger partial charge is 0.507 e. The van der Waals surface area contributed by atoms with Crippen LogP contribution in [-0.4, -0.2) is 28.0 Å². The molecular formula is C16H12FN3O3S. The van der Waals surface area contributed by atoms with Gasteiger partial charge in [0, 0.05) is 11.6 Å². The minimum atomic E-state index is -0.552. The Balaban J connectivity index is 1.53. The molecule has 24 heavy (non-hydrogen) atoms. The molecule has 2 aromatic carbocycles. The van der Waals surface area contributed by atoms with E-state index in [-0.39, 0.29) is 17.4 Å². The summed E-state index contributed by atoms with van der Waals surface area (Å²) in [6, 6.07) is 10.8. The van der Waals surface area contributed by atoms with E-state index in [1.165, 1.54) is 18.3 Å². The van der Waals surface area contributed by atoms with Crippen LogP contribution in [0, 0.1) is 5.82 Å². The third-order valence-electron chi connectivity index (χ3n) is 2.99. The summed E-state index contributed by atoms with van der Waals surface area (Å²) < 4.78 is 18.3. The topological polar surface area (TPSA) is 87.7 Å². The molecule has 8 heteroatoms. The predicted octanol–water partition coefficient (Wildman–Crippen LogP) is 2.91. The fraction of sp³-hybridized carbons (Fsp3) is 0.0625. The molecule has 0 aliphatic heterocycles. The Labute approximate surface area is 140 Å². The number of aromatic nitrogens is 1. The third kappa shape index (κ3) is 3.90. The minimum Gasteiger partial charge on any atom is -0.507 e. The summed E-state index contributed by atoms with van der Waals surface area (Å²) in [7, 11) is 0. The van der Waals surface area contributed by atoms with Gasteiger partial charge in [0.1, 0.15) is 17.1 Å². The smallest absolute Gasteiger partial charge is 0.257 e. The number of fused-ring (bicyclic) bond motifs is 1. The van der Waals surface area contributed by atoms with Crippen molar-refractivity contribution in [3.63, 3.8) is 0 Å². The molecule has 0 aliphatic carbocycles. The van der Waals surface area contributed by atoms with Crippen LogP contribution < -0.4 is 5.43 Å². The number of para-hydroxylation sites is 2. The highest BCUT2D eigenvalue weighted by Crippen LogP contribution is 2.22. The molecular weight excluding hydrogens is 333 g/mol. The highest BCUT2D eigenvalue weighted by Gasteiger charge is 2.08. The maximum absolute atomic E-state index is 12.8. The van der Waals surface area contributed by atoms with Crippen LogP contribution in [-0.2, 0) is 4.79 Å². The van der Waals surface area contributed by atoms with Gasteiger partial charge < -0.3 is 9.52 Å². The van der Waals surface area contributed by atoms with E-state index in [1.54, 1.807) is 6.07 Å². The maximum Gasteiger partial charge on any atom is 0.257 e. The first-order valence-electron chi connectivity index (χ1n) is 6.90. The summed E-state index contributed by atoms with van der Waals surface area (Å²) in [6.07, 6.45) is 1.23. The van der Waals surface area contributed by atoms with Crippen LogP contribution in [0.25, 0.3) is 11.1 Å². The molecule has 0 saturated carbocycles. The Hall–Kier alpha value is -2.87. The molecule has 6 nitrogen and oxygen atoms in total. The van der Waals surface area contributed by atoms with Crippen LogP contribution in [0.2, 0.25) is 0 Å². The molecule has 0 atom stereocenters. The van der Waals surface area contributed by atoms with E-state index in [9.17, 15) is 14.3 Å². The Morgan fingerprint density at radius 1 is 1.38 bits per heavy atom. The highest BCUT2D eigenvalue weighted by atomic mass is 32.2. The molecule has 1 amide bonds. The van der Waals surface area contributed by atoms with Crippen LogP contribution in [0.15, 0.2) is 57.2 Å². The number of halogens is 1. The molecule has 3 rings (SSSR count). The lowest BCUT2D eigenvalue weighted by atomic mass is 10.2. The van der Waals surface area contributed by atoms with Gasteiger partial charge in [0.25, 0.3) is 11.1 Å². The number of thioether (sulfide) groups is 1. The Kier molecular flexibility index (Phi) is 4.76. The van der Waals surface area contributed by atoms with Gasteiger partial charge in [-0.15, -0.1) is 0 Å². The lowest BCUT2D eigenvalue weighted by molar-refractivity contribution is -0.118. The number of hydrogen-bond acceptors (Lipinski definition) is 6. The highest BCUT2D eigenvalue weighted by molar-refractivity contribution is 7.99. The number of carbonyl (C=O) groups is 1. The van der Waals surface area contributed by atoms with Gasteiger partial charge in [-0.1, -0.05) is 23.9 Å². The molecule has 0 radical (unpaired) electrons. The summed E-state index contributed by atoms with van der Waals surface area (Å²) in [4.78, 5) is 16.0. The molecule has 0 aliphatic rings. The van der Waals surface area contributed by atoms with Crippen molar-refractivity contribution in [2.24, 2.45) is 5.10 Å². The van der Waals surface area contributed by atoms with Gasteiger partial charge in [0.05, 0.1) is 12.0 Å². The molecule has 0 unspecified atom stereocenters. The fourth-order valence-electron chi connectivity index (χ4n) is 1.87. The van der Waals surface area contributed by atoms with Crippen molar-refractivity contribution in [2.75, 3.05) is 5.75 Å². The first-order chi connectivity index (χ1) is 11.6. The minimum absolute atomic E-state index is 0.0690. The van der Waals surface area contributed by atoms with Crippen molar-refractivity contribution in [1.29, 1.82) is 0 Å². The summed E-state index contributed by atoms with van der Waals surface area (Å²) >= 11 is 1.14. The number of nitrogens with one attached hydrogen (secondary N) is 1. The zero-order valence-corrected chi connectivity index (χ0v) is 13.1. The quantitative estimate of drug-likeness (QED) is 0.422. The zero-order valence-electron chi connectivity index (χ0n) is 12.3. The first kappa shape index (κ1) is 16.0. The van der Waals surface area contributed by atoms with Gasteiger partial charge in [-0.3, -0.25) is 4.79 Å². The Morgan fingerprint density at radius 3 is 3.00 bits per heavy atom. The van der Waals surface area contributed by atoms with E-state index >= 15 is 0 Å². The number of amides is 1. The van der Waals surface area contributed by atoms with Gasteiger partial charge in [-0.05, 0) is 24.3 Å². The molecule has 1 heterocycles. The van der Waals surface area contributed by atoms with Crippen LogP contribution in [0.4, 0.5) is 4.39 Å². The average Bonchev–Trinajstić information content (AvgIpc) is 2.98. The fourth-order valence-corrected chi connectivity index (χ4v) is 2.50. The number of hydrogen-bond donors (Lipinski definition) is 2. The van der Waals surface area contributed by atoms with E-state index in [2.05, 4.69) is 15.5 Å². The predicted molar refractivity (Wildman–Crippen MR) is 88.5 cm³/mol. The molecule has 2 N–H and O–H groups in total. The van der Waals surface area contributed by atoms with Crippen molar-refractivity contribution in [2.45, 2.75) is 5.22 Å². The number of nitrogens with zero attached hydrogens (tertiary/aromatic N) is 2. The van der Waals surface area contributed by atoms with Gasteiger partial charge in [-0.2, -0.15) is 5.10 Å². The van der Waals surface area contributed by atoms with Gasteiger partial charge >= 0.3 is 0 Å².